The molecule has 2 aromatic carbocycles. The minimum absolute atomic E-state index is 0.165. The highest BCUT2D eigenvalue weighted by atomic mass is 16.2. The van der Waals surface area contributed by atoms with E-state index in [9.17, 15) is 4.79 Å². The molecule has 114 valence electrons. The molecule has 0 aliphatic carbocycles. The average molecular weight is 295 g/mol. The lowest BCUT2D eigenvalue weighted by atomic mass is 10.1. The smallest absolute Gasteiger partial charge is 0.259 e. The second-order valence-electron chi connectivity index (χ2n) is 5.03. The number of para-hydroxylation sites is 1. The number of aryl methyl sites for hydroxylation is 1. The van der Waals surface area contributed by atoms with Crippen LogP contribution in [0.4, 0.5) is 5.69 Å². The fourth-order valence-corrected chi connectivity index (χ4v) is 2.00. The van der Waals surface area contributed by atoms with Crippen molar-refractivity contribution in [3.8, 4) is 0 Å². The van der Waals surface area contributed by atoms with Crippen LogP contribution >= 0.6 is 0 Å². The summed E-state index contributed by atoms with van der Waals surface area (Å²) in [5, 5.41) is 7.28. The number of hydrogen-bond donors (Lipinski definition) is 2. The molecule has 0 radical (unpaired) electrons. The number of amides is 1. The Kier molecular flexibility index (Phi) is 5.72. The fraction of sp³-hybridized carbons (Fsp3) is 0.222. The summed E-state index contributed by atoms with van der Waals surface area (Å²) in [7, 11) is 0. The minimum Gasteiger partial charge on any atom is -0.376 e. The zero-order valence-electron chi connectivity index (χ0n) is 13.0. The Hall–Kier alpha value is -2.62. The van der Waals surface area contributed by atoms with E-state index in [1.807, 2.05) is 68.4 Å². The van der Waals surface area contributed by atoms with Gasteiger partial charge in [-0.25, -0.2) is 5.43 Å². The van der Waals surface area contributed by atoms with Crippen LogP contribution in [0.25, 0.3) is 0 Å². The molecule has 0 saturated carbocycles. The summed E-state index contributed by atoms with van der Waals surface area (Å²) < 4.78 is 0. The summed E-state index contributed by atoms with van der Waals surface area (Å²) in [5.41, 5.74) is 6.62. The summed E-state index contributed by atoms with van der Waals surface area (Å²) in [6, 6.07) is 17.7. The first-order valence-electron chi connectivity index (χ1n) is 7.40. The predicted octanol–water partition coefficient (Wildman–Crippen LogP) is 3.34. The molecule has 0 heterocycles. The Morgan fingerprint density at radius 1 is 1.05 bits per heavy atom. The van der Waals surface area contributed by atoms with Gasteiger partial charge in [-0.15, -0.1) is 0 Å². The first-order chi connectivity index (χ1) is 10.7. The van der Waals surface area contributed by atoms with Gasteiger partial charge in [0.05, 0.1) is 12.3 Å². The summed E-state index contributed by atoms with van der Waals surface area (Å²) in [6.45, 7) is 4.26. The molecule has 0 spiro atoms. The number of carbonyl (C=O) groups is 1. The molecule has 0 fully saturated rings. The van der Waals surface area contributed by atoms with E-state index >= 15 is 0 Å². The van der Waals surface area contributed by atoms with Crippen LogP contribution in [0.5, 0.6) is 0 Å². The highest BCUT2D eigenvalue weighted by molar-refractivity contribution is 6.01. The summed E-state index contributed by atoms with van der Waals surface area (Å²) in [4.78, 5) is 11.8. The maximum atomic E-state index is 11.8. The summed E-state index contributed by atoms with van der Waals surface area (Å²) in [6.07, 6.45) is 0.759. The molecule has 0 aliphatic rings. The minimum atomic E-state index is -0.165. The second kappa shape index (κ2) is 7.98. The van der Waals surface area contributed by atoms with Crippen LogP contribution < -0.4 is 10.7 Å². The largest absolute Gasteiger partial charge is 0.376 e. The van der Waals surface area contributed by atoms with E-state index < -0.39 is 0 Å². The number of benzene rings is 2. The van der Waals surface area contributed by atoms with Crippen LogP contribution in [0, 0.1) is 6.92 Å². The van der Waals surface area contributed by atoms with E-state index in [0.717, 1.165) is 23.4 Å². The Bertz CT molecular complexity index is 633. The van der Waals surface area contributed by atoms with Gasteiger partial charge in [0.1, 0.15) is 0 Å². The second-order valence-corrected chi connectivity index (χ2v) is 5.03. The molecule has 2 aromatic rings. The third-order valence-electron chi connectivity index (χ3n) is 3.26. The van der Waals surface area contributed by atoms with E-state index in [1.165, 1.54) is 5.56 Å². The van der Waals surface area contributed by atoms with Gasteiger partial charge in [-0.1, -0.05) is 55.0 Å². The van der Waals surface area contributed by atoms with Gasteiger partial charge in [-0.3, -0.25) is 4.79 Å². The van der Waals surface area contributed by atoms with E-state index in [1.54, 1.807) is 0 Å². The lowest BCUT2D eigenvalue weighted by Gasteiger charge is -2.07. The van der Waals surface area contributed by atoms with Crippen molar-refractivity contribution >= 4 is 17.3 Å². The number of hydrazone groups is 1. The molecule has 4 nitrogen and oxygen atoms in total. The van der Waals surface area contributed by atoms with Crippen LogP contribution in [0.3, 0.4) is 0 Å². The first-order valence-corrected chi connectivity index (χ1v) is 7.40. The van der Waals surface area contributed by atoms with Crippen molar-refractivity contribution in [3.63, 3.8) is 0 Å². The summed E-state index contributed by atoms with van der Waals surface area (Å²) >= 11 is 0. The number of rotatable bonds is 6. The van der Waals surface area contributed by atoms with E-state index in [4.69, 9.17) is 0 Å². The van der Waals surface area contributed by atoms with Crippen LogP contribution in [0.1, 0.15) is 24.5 Å². The van der Waals surface area contributed by atoms with Gasteiger partial charge < -0.3 is 5.32 Å². The first kappa shape index (κ1) is 15.8. The van der Waals surface area contributed by atoms with Gasteiger partial charge in [-0.2, -0.15) is 5.10 Å². The van der Waals surface area contributed by atoms with Gasteiger partial charge in [-0.05, 0) is 31.0 Å². The maximum absolute atomic E-state index is 11.8. The topological polar surface area (TPSA) is 53.5 Å². The van der Waals surface area contributed by atoms with Crippen molar-refractivity contribution in [1.82, 2.24) is 5.43 Å². The Labute approximate surface area is 131 Å². The Morgan fingerprint density at radius 2 is 1.73 bits per heavy atom. The Balaban J connectivity index is 1.91. The predicted molar refractivity (Wildman–Crippen MR) is 91.1 cm³/mol. The lowest BCUT2D eigenvalue weighted by molar-refractivity contribution is -0.119. The van der Waals surface area contributed by atoms with Gasteiger partial charge in [0.2, 0.25) is 0 Å². The molecule has 2 rings (SSSR count). The third-order valence-corrected chi connectivity index (χ3v) is 3.26. The van der Waals surface area contributed by atoms with Gasteiger partial charge in [0.15, 0.2) is 0 Å². The molecular weight excluding hydrogens is 274 g/mol. The lowest BCUT2D eigenvalue weighted by Crippen LogP contribution is -2.27. The van der Waals surface area contributed by atoms with Crippen LogP contribution in [0.15, 0.2) is 59.7 Å². The molecule has 0 unspecified atom stereocenters. The number of nitrogens with zero attached hydrogens (tertiary/aromatic N) is 1. The zero-order chi connectivity index (χ0) is 15.8. The Morgan fingerprint density at radius 3 is 2.36 bits per heavy atom. The number of anilines is 1. The van der Waals surface area contributed by atoms with Crippen LogP contribution in [0.2, 0.25) is 0 Å². The monoisotopic (exact) mass is 295 g/mol. The molecule has 0 aliphatic heterocycles. The standard InChI is InChI=1S/C18H21N3O/c1-3-17(15-11-9-14(2)10-12-15)20-21-18(22)13-19-16-7-5-4-6-8-16/h4-12,19H,3,13H2,1-2H3,(H,21,22)/b20-17-. The van der Waals surface area contributed by atoms with E-state index in [0.29, 0.717) is 0 Å². The molecule has 1 amide bonds. The van der Waals surface area contributed by atoms with Gasteiger partial charge >= 0.3 is 0 Å². The molecule has 0 atom stereocenters. The number of hydrogen-bond acceptors (Lipinski definition) is 3. The van der Waals surface area contributed by atoms with Crippen LogP contribution in [-0.4, -0.2) is 18.2 Å². The number of nitrogens with one attached hydrogen (secondary N) is 2. The number of carbonyl (C=O) groups excluding carboxylic acids is 1. The van der Waals surface area contributed by atoms with E-state index in [-0.39, 0.29) is 12.5 Å². The molecular formula is C18H21N3O. The van der Waals surface area contributed by atoms with Crippen molar-refractivity contribution in [3.05, 3.63) is 65.7 Å². The van der Waals surface area contributed by atoms with Crippen molar-refractivity contribution in [2.24, 2.45) is 5.10 Å². The highest BCUT2D eigenvalue weighted by Gasteiger charge is 2.03. The van der Waals surface area contributed by atoms with Gasteiger partial charge in [0.25, 0.3) is 5.91 Å². The molecule has 4 heteroatoms. The van der Waals surface area contributed by atoms with Crippen molar-refractivity contribution < 1.29 is 4.79 Å². The SMILES string of the molecule is CC/C(=N/NC(=O)CNc1ccccc1)c1ccc(C)cc1. The molecule has 0 saturated heterocycles. The van der Waals surface area contributed by atoms with Crippen molar-refractivity contribution in [2.45, 2.75) is 20.3 Å². The summed E-state index contributed by atoms with van der Waals surface area (Å²) in [5.74, 6) is -0.165. The molecule has 2 N–H and O–H groups in total. The zero-order valence-corrected chi connectivity index (χ0v) is 13.0. The van der Waals surface area contributed by atoms with Crippen molar-refractivity contribution in [2.75, 3.05) is 11.9 Å². The van der Waals surface area contributed by atoms with Gasteiger partial charge in [0, 0.05) is 5.69 Å². The highest BCUT2D eigenvalue weighted by Crippen LogP contribution is 2.07. The average Bonchev–Trinajstić information content (AvgIpc) is 2.56. The molecule has 0 aromatic heterocycles. The molecule has 22 heavy (non-hydrogen) atoms. The van der Waals surface area contributed by atoms with Crippen LogP contribution in [-0.2, 0) is 4.79 Å². The fourth-order valence-electron chi connectivity index (χ4n) is 2.00. The van der Waals surface area contributed by atoms with Crippen molar-refractivity contribution in [1.29, 1.82) is 0 Å². The maximum Gasteiger partial charge on any atom is 0.259 e. The quantitative estimate of drug-likeness (QED) is 0.634. The molecule has 0 bridgehead atoms. The third kappa shape index (κ3) is 4.74. The van der Waals surface area contributed by atoms with E-state index in [2.05, 4.69) is 15.8 Å². The normalized spacial score (nSPS) is 11.1.